The molecule has 2 aliphatic rings. The van der Waals surface area contributed by atoms with Gasteiger partial charge in [-0.25, -0.2) is 14.3 Å². The lowest BCUT2D eigenvalue weighted by molar-refractivity contribution is -0.689. The Balaban J connectivity index is 1.55. The van der Waals surface area contributed by atoms with Gasteiger partial charge in [0.1, 0.15) is 11.9 Å². The molecule has 5 rings (SSSR count). The molecule has 5 N–H and O–H groups in total. The SMILES string of the molecule is CC(ON=CC(=O)NC1(c2csc(N)n2)S[C@H]2CC(=O)N2C(C(=O)O)=C1C[n+]1ccccc1)c1ccn[nH]1. The number of thioether (sulfide) groups is 1. The predicted octanol–water partition coefficient (Wildman–Crippen LogP) is 1.11. The van der Waals surface area contributed by atoms with Crippen LogP contribution in [0.4, 0.5) is 5.13 Å². The summed E-state index contributed by atoms with van der Waals surface area (Å²) in [6, 6.07) is 7.13. The molecule has 196 valence electrons. The summed E-state index contributed by atoms with van der Waals surface area (Å²) in [5.74, 6) is -2.25. The zero-order valence-corrected chi connectivity index (χ0v) is 21.6. The number of nitrogens with one attached hydrogen (secondary N) is 2. The van der Waals surface area contributed by atoms with Gasteiger partial charge in [0.15, 0.2) is 35.0 Å². The van der Waals surface area contributed by atoms with E-state index in [2.05, 4.69) is 25.7 Å². The lowest BCUT2D eigenvalue weighted by Crippen LogP contribution is -2.62. The molecule has 0 aromatic carbocycles. The molecule has 38 heavy (non-hydrogen) atoms. The van der Waals surface area contributed by atoms with E-state index in [1.165, 1.54) is 16.7 Å². The number of rotatable bonds is 9. The fraction of sp³-hybridized carbons (Fsp3) is 0.261. The van der Waals surface area contributed by atoms with E-state index in [4.69, 9.17) is 10.6 Å². The van der Waals surface area contributed by atoms with Gasteiger partial charge in [-0.2, -0.15) is 5.10 Å². The van der Waals surface area contributed by atoms with E-state index in [9.17, 15) is 19.5 Å². The van der Waals surface area contributed by atoms with Gasteiger partial charge >= 0.3 is 5.97 Å². The van der Waals surface area contributed by atoms with Gasteiger partial charge in [0.25, 0.3) is 5.91 Å². The molecule has 2 amide bonds. The van der Waals surface area contributed by atoms with Gasteiger partial charge in [0, 0.05) is 23.7 Å². The van der Waals surface area contributed by atoms with E-state index in [0.29, 0.717) is 11.4 Å². The molecular weight excluding hydrogens is 532 g/mol. The van der Waals surface area contributed by atoms with Crippen molar-refractivity contribution in [3.63, 3.8) is 0 Å². The minimum absolute atomic E-state index is 0.0498. The number of carboxylic acids is 1. The molecule has 5 heterocycles. The average Bonchev–Trinajstić information content (AvgIpc) is 3.58. The molecule has 0 aliphatic carbocycles. The fourth-order valence-corrected chi connectivity index (χ4v) is 6.57. The molecule has 0 radical (unpaired) electrons. The molecule has 0 saturated carbocycles. The van der Waals surface area contributed by atoms with Crippen LogP contribution in [0.15, 0.2) is 64.7 Å². The Hall–Kier alpha value is -4.24. The number of nitrogens with zero attached hydrogens (tertiary/aromatic N) is 5. The van der Waals surface area contributed by atoms with Gasteiger partial charge in [0.05, 0.1) is 28.8 Å². The molecule has 15 heteroatoms. The highest BCUT2D eigenvalue weighted by molar-refractivity contribution is 8.01. The van der Waals surface area contributed by atoms with E-state index in [0.717, 1.165) is 17.6 Å². The van der Waals surface area contributed by atoms with Crippen molar-refractivity contribution in [2.24, 2.45) is 5.16 Å². The van der Waals surface area contributed by atoms with Crippen molar-refractivity contribution in [2.45, 2.75) is 36.2 Å². The quantitative estimate of drug-likeness (QED) is 0.130. The maximum absolute atomic E-state index is 13.2. The number of aromatic amines is 1. The molecule has 0 bridgehead atoms. The van der Waals surface area contributed by atoms with E-state index in [1.807, 2.05) is 6.07 Å². The van der Waals surface area contributed by atoms with Gasteiger partial charge in [-0.1, -0.05) is 23.0 Å². The molecule has 3 aromatic heterocycles. The van der Waals surface area contributed by atoms with Gasteiger partial charge in [-0.15, -0.1) is 11.3 Å². The predicted molar refractivity (Wildman–Crippen MR) is 137 cm³/mol. The first-order valence-electron chi connectivity index (χ1n) is 11.4. The van der Waals surface area contributed by atoms with Gasteiger partial charge in [-0.3, -0.25) is 19.6 Å². The normalized spacial score (nSPS) is 21.7. The number of thiazole rings is 1. The Morgan fingerprint density at radius 1 is 1.45 bits per heavy atom. The molecule has 3 aromatic rings. The van der Waals surface area contributed by atoms with Crippen molar-refractivity contribution in [3.8, 4) is 0 Å². The highest BCUT2D eigenvalue weighted by atomic mass is 32.2. The first-order chi connectivity index (χ1) is 18.3. The molecular formula is C23H23N8O5S2+. The molecule has 2 aliphatic heterocycles. The molecule has 0 spiro atoms. The van der Waals surface area contributed by atoms with E-state index in [1.54, 1.807) is 53.7 Å². The zero-order chi connectivity index (χ0) is 26.9. The van der Waals surface area contributed by atoms with Crippen LogP contribution in [0.25, 0.3) is 0 Å². The maximum Gasteiger partial charge on any atom is 0.352 e. The van der Waals surface area contributed by atoms with Crippen LogP contribution in [0.3, 0.4) is 0 Å². The number of carbonyl (C=O) groups is 3. The summed E-state index contributed by atoms with van der Waals surface area (Å²) >= 11 is 2.38. The highest BCUT2D eigenvalue weighted by Gasteiger charge is 2.58. The number of nitrogen functional groups attached to an aromatic ring is 1. The van der Waals surface area contributed by atoms with Crippen LogP contribution in [-0.2, 0) is 30.6 Å². The third-order valence-corrected chi connectivity index (χ3v) is 8.26. The average molecular weight is 556 g/mol. The van der Waals surface area contributed by atoms with Crippen molar-refractivity contribution in [2.75, 3.05) is 5.73 Å². The fourth-order valence-electron chi connectivity index (χ4n) is 4.24. The van der Waals surface area contributed by atoms with Gasteiger partial charge < -0.3 is 21.0 Å². The number of β-lactam (4-membered cyclic amide) rings is 1. The summed E-state index contributed by atoms with van der Waals surface area (Å²) in [4.78, 5) is 47.9. The molecule has 2 unspecified atom stereocenters. The number of aliphatic carboxylic acids is 1. The number of anilines is 1. The maximum atomic E-state index is 13.2. The largest absolute Gasteiger partial charge is 0.477 e. The number of carboxylic acid groups (broad SMARTS) is 1. The summed E-state index contributed by atoms with van der Waals surface area (Å²) in [6.45, 7) is 1.78. The Morgan fingerprint density at radius 3 is 2.87 bits per heavy atom. The summed E-state index contributed by atoms with van der Waals surface area (Å²) in [5, 5.41) is 25.0. The lowest BCUT2D eigenvalue weighted by Gasteiger charge is -2.50. The number of hydrogen-bond acceptors (Lipinski definition) is 10. The number of aromatic nitrogens is 4. The monoisotopic (exact) mass is 555 g/mol. The number of H-pyrrole nitrogens is 1. The van der Waals surface area contributed by atoms with Crippen molar-refractivity contribution >= 4 is 52.2 Å². The second-order valence-corrected chi connectivity index (χ2v) is 10.7. The van der Waals surface area contributed by atoms with Crippen LogP contribution in [0, 0.1) is 0 Å². The van der Waals surface area contributed by atoms with E-state index in [-0.39, 0.29) is 35.3 Å². The Labute approximate surface area is 224 Å². The van der Waals surface area contributed by atoms with Crippen molar-refractivity contribution in [3.05, 3.63) is 70.9 Å². The lowest BCUT2D eigenvalue weighted by atomic mass is 9.96. The van der Waals surface area contributed by atoms with Crippen LogP contribution in [0.5, 0.6) is 0 Å². The zero-order valence-electron chi connectivity index (χ0n) is 20.0. The van der Waals surface area contributed by atoms with Gasteiger partial charge in [0.2, 0.25) is 5.91 Å². The molecule has 1 saturated heterocycles. The number of pyridine rings is 1. The van der Waals surface area contributed by atoms with Crippen LogP contribution in [0.1, 0.15) is 30.8 Å². The van der Waals surface area contributed by atoms with Gasteiger partial charge in [-0.05, 0) is 13.0 Å². The second-order valence-electron chi connectivity index (χ2n) is 8.46. The number of oxime groups is 1. The van der Waals surface area contributed by atoms with Crippen LogP contribution >= 0.6 is 23.1 Å². The van der Waals surface area contributed by atoms with Crippen molar-refractivity contribution in [1.29, 1.82) is 0 Å². The molecule has 13 nitrogen and oxygen atoms in total. The summed E-state index contributed by atoms with van der Waals surface area (Å²) < 4.78 is 1.75. The van der Waals surface area contributed by atoms with Crippen LogP contribution in [0.2, 0.25) is 0 Å². The topological polar surface area (TPSA) is 180 Å². The summed E-state index contributed by atoms with van der Waals surface area (Å²) in [6.07, 6.45) is 5.68. The smallest absolute Gasteiger partial charge is 0.352 e. The second kappa shape index (κ2) is 10.3. The molecule has 3 atom stereocenters. The Morgan fingerprint density at radius 2 is 2.24 bits per heavy atom. The van der Waals surface area contributed by atoms with E-state index < -0.39 is 28.2 Å². The van der Waals surface area contributed by atoms with Crippen molar-refractivity contribution < 1.29 is 28.9 Å². The Bertz CT molecular complexity index is 1420. The van der Waals surface area contributed by atoms with Crippen LogP contribution < -0.4 is 15.6 Å². The van der Waals surface area contributed by atoms with E-state index >= 15 is 0 Å². The number of fused-ring (bicyclic) bond motifs is 1. The number of hydrogen-bond donors (Lipinski definition) is 4. The third kappa shape index (κ3) is 4.72. The van der Waals surface area contributed by atoms with Crippen molar-refractivity contribution in [1.82, 2.24) is 25.4 Å². The summed E-state index contributed by atoms with van der Waals surface area (Å²) in [7, 11) is 0. The minimum atomic E-state index is -1.45. The first-order valence-corrected chi connectivity index (χ1v) is 13.2. The van der Waals surface area contributed by atoms with Crippen LogP contribution in [-0.4, -0.2) is 54.6 Å². The molecule has 1 fully saturated rings. The standard InChI is InChI=1S/C23H22N8O5S2/c1-13(15-5-6-25-29-15)36-26-10-17(32)28-23(16-12-37-22(24)27-16)14(11-30-7-3-2-4-8-30)20(21(34)35)31-18(33)9-19(31)38-23/h2-8,10,12-13,19H,9,11H2,1H3,(H4-,24,25,27,28,29,32,34,35)/p+1/t13?,19-,23?/m0/s1. The number of nitrogens with two attached hydrogens (primary N) is 1. The number of carbonyl (C=O) groups excluding carboxylic acids is 2. The highest BCUT2D eigenvalue weighted by Crippen LogP contribution is 2.54. The minimum Gasteiger partial charge on any atom is -0.477 e. The first kappa shape index (κ1) is 25.4. The Kier molecular flexibility index (Phi) is 6.86. The third-order valence-electron chi connectivity index (χ3n) is 6.02. The summed E-state index contributed by atoms with van der Waals surface area (Å²) in [5.41, 5.74) is 7.03. The number of amides is 2.